The second kappa shape index (κ2) is 9.07. The summed E-state index contributed by atoms with van der Waals surface area (Å²) in [5, 5.41) is 17.2. The van der Waals surface area contributed by atoms with Gasteiger partial charge in [-0.05, 0) is 18.6 Å². The molecule has 2 N–H and O–H groups in total. The highest BCUT2D eigenvalue weighted by atomic mass is 16.6. The van der Waals surface area contributed by atoms with Gasteiger partial charge in [-0.2, -0.15) is 5.10 Å². The van der Waals surface area contributed by atoms with E-state index in [4.69, 9.17) is 0 Å². The molecule has 0 aliphatic rings. The number of anilines is 1. The molecule has 8 heteroatoms. The van der Waals surface area contributed by atoms with Crippen LogP contribution >= 0.6 is 0 Å². The van der Waals surface area contributed by atoms with Crippen LogP contribution in [0.2, 0.25) is 0 Å². The van der Waals surface area contributed by atoms with Crippen molar-refractivity contribution in [3.8, 4) is 0 Å². The van der Waals surface area contributed by atoms with E-state index in [9.17, 15) is 19.7 Å². The number of hydrogen-bond acceptors (Lipinski definition) is 5. The molecule has 2 aromatic carbocycles. The molecular weight excluding hydrogens is 336 g/mol. The van der Waals surface area contributed by atoms with Gasteiger partial charge >= 0.3 is 0 Å². The highest BCUT2D eigenvalue weighted by molar-refractivity contribution is 6.05. The van der Waals surface area contributed by atoms with Gasteiger partial charge in [0.05, 0.1) is 17.8 Å². The zero-order chi connectivity index (χ0) is 18.9. The largest absolute Gasteiger partial charge is 0.326 e. The van der Waals surface area contributed by atoms with Crippen LogP contribution in [0.5, 0.6) is 0 Å². The first-order valence-electron chi connectivity index (χ1n) is 7.84. The van der Waals surface area contributed by atoms with Gasteiger partial charge in [0, 0.05) is 23.5 Å². The molecule has 26 heavy (non-hydrogen) atoms. The number of nitrogens with zero attached hydrogens (tertiary/aromatic N) is 2. The molecule has 0 fully saturated rings. The molecule has 134 valence electrons. The summed E-state index contributed by atoms with van der Waals surface area (Å²) in [5.74, 6) is -0.668. The molecule has 0 heterocycles. The summed E-state index contributed by atoms with van der Waals surface area (Å²) in [4.78, 5) is 34.0. The fourth-order valence-corrected chi connectivity index (χ4v) is 2.15. The summed E-state index contributed by atoms with van der Waals surface area (Å²) in [6.45, 7) is 1.61. The Balaban J connectivity index is 1.84. The van der Waals surface area contributed by atoms with E-state index in [-0.39, 0.29) is 30.3 Å². The molecule has 0 bridgehead atoms. The first-order valence-corrected chi connectivity index (χ1v) is 7.84. The number of nitrogens with one attached hydrogen (secondary N) is 2. The third-order valence-corrected chi connectivity index (χ3v) is 3.34. The summed E-state index contributed by atoms with van der Waals surface area (Å²) in [6.07, 6.45) is 0.145. The van der Waals surface area contributed by atoms with Crippen molar-refractivity contribution >= 4 is 28.9 Å². The van der Waals surface area contributed by atoms with Crippen LogP contribution in [0.15, 0.2) is 59.7 Å². The van der Waals surface area contributed by atoms with Crippen LogP contribution in [0, 0.1) is 10.1 Å². The fourth-order valence-electron chi connectivity index (χ4n) is 2.15. The Morgan fingerprint density at radius 2 is 1.81 bits per heavy atom. The first-order chi connectivity index (χ1) is 12.4. The standard InChI is InChI=1S/C18H18N4O4/c1-13(20-21-18(24)11-14-6-3-2-4-7-14)10-17(23)19-15-8-5-9-16(12-15)22(25)26/h2-9,12H,10-11H2,1H3,(H,19,23)(H,21,24)/b20-13+. The lowest BCUT2D eigenvalue weighted by atomic mass is 10.1. The van der Waals surface area contributed by atoms with Crippen molar-refractivity contribution in [3.05, 3.63) is 70.3 Å². The molecule has 2 aromatic rings. The van der Waals surface area contributed by atoms with Gasteiger partial charge in [-0.25, -0.2) is 5.43 Å². The lowest BCUT2D eigenvalue weighted by Gasteiger charge is -2.05. The molecule has 0 saturated carbocycles. The normalized spacial score (nSPS) is 10.9. The first kappa shape index (κ1) is 18.8. The second-order valence-electron chi connectivity index (χ2n) is 5.58. The van der Waals surface area contributed by atoms with Crippen molar-refractivity contribution < 1.29 is 14.5 Å². The summed E-state index contributed by atoms with van der Waals surface area (Å²) in [7, 11) is 0. The van der Waals surface area contributed by atoms with Crippen LogP contribution in [0.25, 0.3) is 0 Å². The minimum absolute atomic E-state index is 0.0473. The number of nitro groups is 1. The number of hydrogen-bond donors (Lipinski definition) is 2. The van der Waals surface area contributed by atoms with Crippen LogP contribution in [-0.4, -0.2) is 22.4 Å². The number of rotatable bonds is 7. The van der Waals surface area contributed by atoms with Crippen molar-refractivity contribution in [2.75, 3.05) is 5.32 Å². The third-order valence-electron chi connectivity index (χ3n) is 3.34. The van der Waals surface area contributed by atoms with Gasteiger partial charge in [0.25, 0.3) is 5.69 Å². The highest BCUT2D eigenvalue weighted by Crippen LogP contribution is 2.17. The van der Waals surface area contributed by atoms with Crippen molar-refractivity contribution in [1.82, 2.24) is 5.43 Å². The molecule has 8 nitrogen and oxygen atoms in total. The van der Waals surface area contributed by atoms with Gasteiger partial charge in [0.2, 0.25) is 11.8 Å². The van der Waals surface area contributed by atoms with E-state index < -0.39 is 4.92 Å². The molecule has 0 radical (unpaired) electrons. The van der Waals surface area contributed by atoms with Gasteiger partial charge < -0.3 is 5.32 Å². The summed E-state index contributed by atoms with van der Waals surface area (Å²) >= 11 is 0. The van der Waals surface area contributed by atoms with Crippen molar-refractivity contribution in [1.29, 1.82) is 0 Å². The Kier molecular flexibility index (Phi) is 6.55. The van der Waals surface area contributed by atoms with E-state index >= 15 is 0 Å². The van der Waals surface area contributed by atoms with Crippen molar-refractivity contribution in [2.45, 2.75) is 19.8 Å². The molecular formula is C18H18N4O4. The molecule has 0 unspecified atom stereocenters. The van der Waals surface area contributed by atoms with Crippen molar-refractivity contribution in [3.63, 3.8) is 0 Å². The van der Waals surface area contributed by atoms with E-state index in [2.05, 4.69) is 15.8 Å². The summed E-state index contributed by atoms with van der Waals surface area (Å²) < 4.78 is 0. The minimum atomic E-state index is -0.537. The molecule has 0 saturated heterocycles. The molecule has 0 aromatic heterocycles. The number of carbonyl (C=O) groups is 2. The van der Waals surface area contributed by atoms with Gasteiger partial charge in [0.1, 0.15) is 0 Å². The number of non-ortho nitro benzene ring substituents is 1. The predicted octanol–water partition coefficient (Wildman–Crippen LogP) is 2.66. The number of hydrazone groups is 1. The molecule has 0 aliphatic carbocycles. The van der Waals surface area contributed by atoms with E-state index in [1.54, 1.807) is 13.0 Å². The van der Waals surface area contributed by atoms with Gasteiger partial charge in [-0.3, -0.25) is 19.7 Å². The maximum absolute atomic E-state index is 12.0. The Hall–Kier alpha value is -3.55. The zero-order valence-electron chi connectivity index (χ0n) is 14.1. The second-order valence-corrected chi connectivity index (χ2v) is 5.58. The maximum Gasteiger partial charge on any atom is 0.271 e. The van der Waals surface area contributed by atoms with E-state index in [0.717, 1.165) is 5.56 Å². The van der Waals surface area contributed by atoms with Crippen LogP contribution in [0.3, 0.4) is 0 Å². The van der Waals surface area contributed by atoms with Crippen LogP contribution < -0.4 is 10.7 Å². The molecule has 0 atom stereocenters. The van der Waals surface area contributed by atoms with Crippen LogP contribution in [0.4, 0.5) is 11.4 Å². The zero-order valence-corrected chi connectivity index (χ0v) is 14.1. The predicted molar refractivity (Wildman–Crippen MR) is 97.7 cm³/mol. The average molecular weight is 354 g/mol. The van der Waals surface area contributed by atoms with E-state index in [1.807, 2.05) is 30.3 Å². The quantitative estimate of drug-likeness (QED) is 0.452. The molecule has 2 rings (SSSR count). The van der Waals surface area contributed by atoms with E-state index in [1.165, 1.54) is 18.2 Å². The minimum Gasteiger partial charge on any atom is -0.326 e. The lowest BCUT2D eigenvalue weighted by molar-refractivity contribution is -0.384. The topological polar surface area (TPSA) is 114 Å². The Morgan fingerprint density at radius 1 is 1.08 bits per heavy atom. The van der Waals surface area contributed by atoms with Gasteiger partial charge in [-0.1, -0.05) is 36.4 Å². The smallest absolute Gasteiger partial charge is 0.271 e. The Morgan fingerprint density at radius 3 is 2.50 bits per heavy atom. The number of amides is 2. The number of nitro benzene ring substituents is 1. The fraction of sp³-hybridized carbons (Fsp3) is 0.167. The van der Waals surface area contributed by atoms with Crippen LogP contribution in [-0.2, 0) is 16.0 Å². The molecule has 0 aliphatic heterocycles. The number of benzene rings is 2. The maximum atomic E-state index is 12.0. The van der Waals surface area contributed by atoms with Gasteiger partial charge in [0.15, 0.2) is 0 Å². The highest BCUT2D eigenvalue weighted by Gasteiger charge is 2.09. The SMILES string of the molecule is C/C(CC(=O)Nc1cccc([N+](=O)[O-])c1)=N\NC(=O)Cc1ccccc1. The average Bonchev–Trinajstić information content (AvgIpc) is 2.61. The Bertz CT molecular complexity index is 834. The number of carbonyl (C=O) groups excluding carboxylic acids is 2. The molecule has 0 spiro atoms. The van der Waals surface area contributed by atoms with E-state index in [0.29, 0.717) is 11.4 Å². The molecule has 2 amide bonds. The lowest BCUT2D eigenvalue weighted by Crippen LogP contribution is -2.22. The summed E-state index contributed by atoms with van der Waals surface area (Å²) in [6, 6.07) is 14.9. The van der Waals surface area contributed by atoms with Crippen molar-refractivity contribution in [2.24, 2.45) is 5.10 Å². The monoisotopic (exact) mass is 354 g/mol. The van der Waals surface area contributed by atoms with Gasteiger partial charge in [-0.15, -0.1) is 0 Å². The third kappa shape index (κ3) is 6.16. The summed E-state index contributed by atoms with van der Waals surface area (Å²) in [5.41, 5.74) is 3.89. The van der Waals surface area contributed by atoms with Crippen LogP contribution in [0.1, 0.15) is 18.9 Å². The Labute approximate surface area is 150 Å².